The smallest absolute Gasteiger partial charge is 0.788 e. The molecule has 1 aliphatic rings. The molecule has 1 aromatic carbocycles. The third-order valence-corrected chi connectivity index (χ3v) is 4.45. The fourth-order valence-corrected chi connectivity index (χ4v) is 3.10. The Morgan fingerprint density at radius 3 is 2.36 bits per heavy atom. The summed E-state index contributed by atoms with van der Waals surface area (Å²) in [6.07, 6.45) is 1.42. The number of carbonyl (C=O) groups is 1. The summed E-state index contributed by atoms with van der Waals surface area (Å²) in [6, 6.07) is 8.39. The zero-order valence-corrected chi connectivity index (χ0v) is 17.1. The van der Waals surface area contributed by atoms with Gasteiger partial charge in [0.15, 0.2) is 0 Å². The molecular formula is C19H28LiNO3S. The Bertz CT molecular complexity index is 569. The van der Waals surface area contributed by atoms with Crippen molar-refractivity contribution in [3.05, 3.63) is 35.4 Å². The van der Waals surface area contributed by atoms with Gasteiger partial charge in [-0.2, -0.15) is 5.75 Å². The number of benzene rings is 1. The standard InChI is InChI=1S/C19H29NO3S.Li/c1-18(2,3)23-17(21)20-16(12-22-19(20,4)5)11-10-14-6-8-15(13-24)9-7-14;/h6-9,16,24H,10-13H2,1-5H3;/q;+1/p-1. The molecule has 2 rings (SSSR count). The molecule has 0 N–H and O–H groups in total. The Kier molecular flexibility index (Phi) is 7.95. The van der Waals surface area contributed by atoms with Crippen molar-refractivity contribution < 1.29 is 33.1 Å². The van der Waals surface area contributed by atoms with E-state index in [1.807, 2.05) is 34.6 Å². The summed E-state index contributed by atoms with van der Waals surface area (Å²) < 4.78 is 11.4. The second-order valence-electron chi connectivity index (χ2n) is 7.76. The van der Waals surface area contributed by atoms with Crippen LogP contribution < -0.4 is 18.9 Å². The van der Waals surface area contributed by atoms with Crippen molar-refractivity contribution >= 4 is 18.7 Å². The van der Waals surface area contributed by atoms with Gasteiger partial charge < -0.3 is 22.1 Å². The number of hydrogen-bond acceptors (Lipinski definition) is 4. The van der Waals surface area contributed by atoms with Gasteiger partial charge in [-0.15, -0.1) is 0 Å². The van der Waals surface area contributed by atoms with Crippen molar-refractivity contribution in [2.45, 2.75) is 70.6 Å². The van der Waals surface area contributed by atoms with E-state index in [0.717, 1.165) is 18.4 Å². The molecule has 1 amide bonds. The Labute approximate surface area is 169 Å². The van der Waals surface area contributed by atoms with Gasteiger partial charge in [0.1, 0.15) is 11.3 Å². The number of aryl methyl sites for hydroxylation is 1. The van der Waals surface area contributed by atoms with Crippen molar-refractivity contribution in [3.8, 4) is 0 Å². The fourth-order valence-electron chi connectivity index (χ4n) is 2.91. The van der Waals surface area contributed by atoms with Gasteiger partial charge >= 0.3 is 25.0 Å². The molecular weight excluding hydrogens is 329 g/mol. The van der Waals surface area contributed by atoms with Crippen LogP contribution >= 0.6 is 0 Å². The molecule has 1 atom stereocenters. The molecule has 0 bridgehead atoms. The third-order valence-electron chi connectivity index (χ3n) is 4.12. The first kappa shape index (κ1) is 22.4. The molecule has 6 heteroatoms. The van der Waals surface area contributed by atoms with Gasteiger partial charge in [-0.05, 0) is 53.0 Å². The van der Waals surface area contributed by atoms with E-state index in [9.17, 15) is 4.79 Å². The monoisotopic (exact) mass is 357 g/mol. The predicted octanol–water partition coefficient (Wildman–Crippen LogP) is 1.04. The zero-order valence-electron chi connectivity index (χ0n) is 16.3. The SMILES string of the molecule is CC(C)(C)OC(=O)N1C(CCc2ccc(C[S-])cc2)COC1(C)C.[Li+]. The van der Waals surface area contributed by atoms with Crippen molar-refractivity contribution in [2.24, 2.45) is 0 Å². The van der Waals surface area contributed by atoms with Crippen LogP contribution in [0, 0.1) is 0 Å². The quantitative estimate of drug-likeness (QED) is 0.596. The van der Waals surface area contributed by atoms with Crippen LogP contribution in [0.15, 0.2) is 24.3 Å². The van der Waals surface area contributed by atoms with E-state index in [1.165, 1.54) is 5.56 Å². The molecule has 25 heavy (non-hydrogen) atoms. The zero-order chi connectivity index (χ0) is 18.0. The van der Waals surface area contributed by atoms with E-state index in [-0.39, 0.29) is 31.0 Å². The second-order valence-corrected chi connectivity index (χ2v) is 8.05. The molecule has 1 fully saturated rings. The Morgan fingerprint density at radius 2 is 1.84 bits per heavy atom. The van der Waals surface area contributed by atoms with Crippen LogP contribution in [-0.2, 0) is 34.3 Å². The molecule has 1 unspecified atom stereocenters. The molecule has 0 radical (unpaired) electrons. The van der Waals surface area contributed by atoms with Gasteiger partial charge in [-0.25, -0.2) is 4.79 Å². The summed E-state index contributed by atoms with van der Waals surface area (Å²) >= 11 is 5.05. The average molecular weight is 357 g/mol. The van der Waals surface area contributed by atoms with E-state index < -0.39 is 11.3 Å². The largest absolute Gasteiger partial charge is 1.00 e. The maximum absolute atomic E-state index is 12.6. The average Bonchev–Trinajstić information content (AvgIpc) is 2.78. The molecule has 1 aliphatic heterocycles. The molecule has 1 saturated heterocycles. The third kappa shape index (κ3) is 6.25. The number of ether oxygens (including phenoxy) is 2. The van der Waals surface area contributed by atoms with Crippen molar-refractivity contribution in [3.63, 3.8) is 0 Å². The molecule has 4 nitrogen and oxygen atoms in total. The molecule has 0 saturated carbocycles. The van der Waals surface area contributed by atoms with Gasteiger partial charge in [-0.1, -0.05) is 29.8 Å². The Morgan fingerprint density at radius 1 is 1.28 bits per heavy atom. The maximum Gasteiger partial charge on any atom is 1.00 e. The van der Waals surface area contributed by atoms with Gasteiger partial charge in [0, 0.05) is 0 Å². The van der Waals surface area contributed by atoms with E-state index in [4.69, 9.17) is 22.1 Å². The topological polar surface area (TPSA) is 38.8 Å². The maximum atomic E-state index is 12.6. The van der Waals surface area contributed by atoms with Crippen LogP contribution in [0.1, 0.15) is 52.2 Å². The number of carbonyl (C=O) groups excluding carboxylic acids is 1. The van der Waals surface area contributed by atoms with Gasteiger partial charge in [0.2, 0.25) is 0 Å². The summed E-state index contributed by atoms with van der Waals surface area (Å²) in [6.45, 7) is 10.0. The van der Waals surface area contributed by atoms with Crippen LogP contribution in [0.5, 0.6) is 0 Å². The molecule has 1 aromatic rings. The first-order valence-electron chi connectivity index (χ1n) is 8.44. The van der Waals surface area contributed by atoms with Gasteiger partial charge in [-0.3, -0.25) is 4.90 Å². The Balaban J connectivity index is 0.00000312. The Hall–Kier alpha value is -0.603. The first-order chi connectivity index (χ1) is 11.1. The van der Waals surface area contributed by atoms with Crippen LogP contribution in [0.2, 0.25) is 0 Å². The number of rotatable bonds is 4. The van der Waals surface area contributed by atoms with Gasteiger partial charge in [0.05, 0.1) is 12.6 Å². The molecule has 0 spiro atoms. The van der Waals surface area contributed by atoms with E-state index in [2.05, 4.69) is 24.3 Å². The number of amides is 1. The van der Waals surface area contributed by atoms with Crippen molar-refractivity contribution in [1.82, 2.24) is 4.90 Å². The summed E-state index contributed by atoms with van der Waals surface area (Å²) in [5.41, 5.74) is 1.25. The van der Waals surface area contributed by atoms with Crippen molar-refractivity contribution in [2.75, 3.05) is 6.61 Å². The van der Waals surface area contributed by atoms with Crippen LogP contribution in [0.4, 0.5) is 4.79 Å². The van der Waals surface area contributed by atoms with E-state index in [0.29, 0.717) is 12.4 Å². The van der Waals surface area contributed by atoms with Crippen LogP contribution in [-0.4, -0.2) is 35.0 Å². The second kappa shape index (κ2) is 8.86. The molecule has 0 aliphatic carbocycles. The summed E-state index contributed by atoms with van der Waals surface area (Å²) in [4.78, 5) is 14.3. The van der Waals surface area contributed by atoms with Crippen LogP contribution in [0.25, 0.3) is 0 Å². The van der Waals surface area contributed by atoms with Crippen molar-refractivity contribution in [1.29, 1.82) is 0 Å². The summed E-state index contributed by atoms with van der Waals surface area (Å²) in [5.74, 6) is 0.636. The molecule has 1 heterocycles. The summed E-state index contributed by atoms with van der Waals surface area (Å²) in [7, 11) is 0. The first-order valence-corrected chi connectivity index (χ1v) is 9.02. The normalized spacial score (nSPS) is 19.4. The minimum Gasteiger partial charge on any atom is -0.788 e. The predicted molar refractivity (Wildman–Crippen MR) is 97.7 cm³/mol. The minimum atomic E-state index is -0.640. The van der Waals surface area contributed by atoms with Crippen LogP contribution in [0.3, 0.4) is 0 Å². The summed E-state index contributed by atoms with van der Waals surface area (Å²) in [5, 5.41) is 0. The fraction of sp³-hybridized carbons (Fsp3) is 0.632. The minimum absolute atomic E-state index is 0. The number of hydrogen-bond donors (Lipinski definition) is 0. The van der Waals surface area contributed by atoms with Gasteiger partial charge in [0.25, 0.3) is 0 Å². The number of nitrogens with zero attached hydrogens (tertiary/aromatic N) is 1. The van der Waals surface area contributed by atoms with E-state index in [1.54, 1.807) is 4.90 Å². The molecule has 0 aromatic heterocycles. The van der Waals surface area contributed by atoms with E-state index >= 15 is 0 Å². The molecule has 134 valence electrons.